The first-order valence-electron chi connectivity index (χ1n) is 12.4. The molecular weight excluding hydrogens is 502 g/mol. The first-order chi connectivity index (χ1) is 18.4. The predicted octanol–water partition coefficient (Wildman–Crippen LogP) is 1.72. The number of hydrogen-bond donors (Lipinski definition) is 6. The number of rotatable bonds is 4. The molecular formula is C29H29N3O7. The van der Waals surface area contributed by atoms with Gasteiger partial charge in [0.1, 0.15) is 22.8 Å². The molecule has 4 unspecified atom stereocenters. The smallest absolute Gasteiger partial charge is 0.255 e. The predicted molar refractivity (Wildman–Crippen MR) is 144 cm³/mol. The fourth-order valence-corrected chi connectivity index (χ4v) is 6.22. The standard InChI is InChI=1S/C29H29N3O7/c1-32(2)23-18-12-15-11-17-14(6-3-13-4-8-16(30)9-5-13)7-10-19(33)21(17)24(34)20(15)26(36)29(18,39)27(37)22(25(23)35)28(31)38/h3-10,15,18,23,33-34,37,39H,11-12,30H2,1-2H3,(H2,31,38)/b6-3+. The Bertz CT molecular complexity index is 1520. The molecule has 10 nitrogen and oxygen atoms in total. The van der Waals surface area contributed by atoms with Crippen molar-refractivity contribution in [1.29, 1.82) is 0 Å². The molecule has 0 heterocycles. The highest BCUT2D eigenvalue weighted by Gasteiger charge is 2.64. The zero-order valence-corrected chi connectivity index (χ0v) is 21.4. The Morgan fingerprint density at radius 2 is 1.72 bits per heavy atom. The lowest BCUT2D eigenvalue weighted by atomic mass is 9.57. The number of ketones is 2. The molecule has 1 amide bonds. The molecule has 202 valence electrons. The van der Waals surface area contributed by atoms with Gasteiger partial charge in [-0.2, -0.15) is 0 Å². The highest BCUT2D eigenvalue weighted by molar-refractivity contribution is 6.24. The van der Waals surface area contributed by atoms with Crippen molar-refractivity contribution >= 4 is 41.1 Å². The van der Waals surface area contributed by atoms with Crippen molar-refractivity contribution in [3.05, 3.63) is 75.6 Å². The molecule has 39 heavy (non-hydrogen) atoms. The maximum atomic E-state index is 13.9. The molecule has 0 bridgehead atoms. The molecule has 10 heteroatoms. The van der Waals surface area contributed by atoms with Gasteiger partial charge in [-0.3, -0.25) is 19.3 Å². The number of nitrogen functional groups attached to an aromatic ring is 1. The minimum absolute atomic E-state index is 0.0303. The number of fused-ring (bicyclic) bond motifs is 3. The number of phenolic OH excluding ortho intramolecular Hbond substituents is 1. The first-order valence-corrected chi connectivity index (χ1v) is 12.4. The van der Waals surface area contributed by atoms with Gasteiger partial charge >= 0.3 is 0 Å². The van der Waals surface area contributed by atoms with E-state index in [4.69, 9.17) is 11.5 Å². The molecule has 0 aromatic heterocycles. The number of carbonyl (C=O) groups is 3. The van der Waals surface area contributed by atoms with Crippen LogP contribution in [0.25, 0.3) is 17.9 Å². The lowest BCUT2D eigenvalue weighted by Crippen LogP contribution is -2.65. The summed E-state index contributed by atoms with van der Waals surface area (Å²) in [6.07, 6.45) is 3.92. The molecule has 0 saturated heterocycles. The highest BCUT2D eigenvalue weighted by atomic mass is 16.3. The van der Waals surface area contributed by atoms with Crippen LogP contribution in [0, 0.1) is 11.8 Å². The highest BCUT2D eigenvalue weighted by Crippen LogP contribution is 2.53. The van der Waals surface area contributed by atoms with Crippen molar-refractivity contribution < 1.29 is 34.8 Å². The quantitative estimate of drug-likeness (QED) is 0.194. The number of carbonyl (C=O) groups excluding carboxylic acids is 3. The molecule has 1 fully saturated rings. The number of aliphatic hydroxyl groups excluding tert-OH is 2. The number of nitrogens with zero attached hydrogens (tertiary/aromatic N) is 1. The fraction of sp³-hybridized carbons (Fsp3) is 0.276. The van der Waals surface area contributed by atoms with Gasteiger partial charge in [0.05, 0.1) is 11.6 Å². The van der Waals surface area contributed by atoms with E-state index in [1.807, 2.05) is 24.3 Å². The Labute approximate surface area is 224 Å². The molecule has 3 aliphatic rings. The number of nitrogens with two attached hydrogens (primary N) is 2. The molecule has 3 aliphatic carbocycles. The summed E-state index contributed by atoms with van der Waals surface area (Å²) in [4.78, 5) is 40.6. The van der Waals surface area contributed by atoms with Crippen LogP contribution in [0.4, 0.5) is 5.69 Å². The van der Waals surface area contributed by atoms with E-state index in [2.05, 4.69) is 0 Å². The maximum Gasteiger partial charge on any atom is 0.255 e. The van der Waals surface area contributed by atoms with E-state index in [0.29, 0.717) is 16.8 Å². The summed E-state index contributed by atoms with van der Waals surface area (Å²) in [5.74, 6) is -6.75. The van der Waals surface area contributed by atoms with Crippen molar-refractivity contribution in [2.24, 2.45) is 17.6 Å². The number of aliphatic hydroxyl groups is 3. The normalized spacial score (nSPS) is 26.6. The van der Waals surface area contributed by atoms with E-state index in [1.165, 1.54) is 11.0 Å². The van der Waals surface area contributed by atoms with Crippen LogP contribution < -0.4 is 11.5 Å². The average Bonchev–Trinajstić information content (AvgIpc) is 2.86. The summed E-state index contributed by atoms with van der Waals surface area (Å²) < 4.78 is 0. The lowest BCUT2D eigenvalue weighted by Gasteiger charge is -2.50. The lowest BCUT2D eigenvalue weighted by molar-refractivity contribution is -0.153. The minimum Gasteiger partial charge on any atom is -0.508 e. The fourth-order valence-electron chi connectivity index (χ4n) is 6.22. The van der Waals surface area contributed by atoms with Crippen molar-refractivity contribution in [3.8, 4) is 5.75 Å². The number of likely N-dealkylation sites (N-methyl/N-ethyl adjacent to an activating group) is 1. The van der Waals surface area contributed by atoms with Crippen LogP contribution in [-0.4, -0.2) is 68.5 Å². The average molecular weight is 532 g/mol. The number of aromatic hydroxyl groups is 1. The second-order valence-electron chi connectivity index (χ2n) is 10.5. The Balaban J connectivity index is 1.66. The largest absolute Gasteiger partial charge is 0.508 e. The topological polar surface area (TPSA) is 187 Å². The number of amides is 1. The van der Waals surface area contributed by atoms with E-state index in [9.17, 15) is 34.8 Å². The Morgan fingerprint density at radius 3 is 2.33 bits per heavy atom. The monoisotopic (exact) mass is 531 g/mol. The van der Waals surface area contributed by atoms with Crippen molar-refractivity contribution in [2.75, 3.05) is 19.8 Å². The Hall–Kier alpha value is -4.41. The number of benzene rings is 2. The van der Waals surface area contributed by atoms with Crippen molar-refractivity contribution in [2.45, 2.75) is 24.5 Å². The van der Waals surface area contributed by atoms with Crippen LogP contribution in [0.15, 0.2) is 53.3 Å². The summed E-state index contributed by atoms with van der Waals surface area (Å²) in [5.41, 5.74) is 10.3. The van der Waals surface area contributed by atoms with Gasteiger partial charge in [-0.05, 0) is 67.7 Å². The van der Waals surface area contributed by atoms with Gasteiger partial charge in [-0.1, -0.05) is 30.4 Å². The SMILES string of the molecule is CN(C)C1C(=O)C(C(N)=O)=C(O)C2(O)C(=O)C3=C(O)c4c(O)ccc(/C=C/c5ccc(N)cc5)c4CC3CC12. The molecule has 8 N–H and O–H groups in total. The number of primary amides is 1. The summed E-state index contributed by atoms with van der Waals surface area (Å²) in [6, 6.07) is 9.18. The van der Waals surface area contributed by atoms with E-state index < -0.39 is 58.0 Å². The van der Waals surface area contributed by atoms with Gasteiger partial charge in [0, 0.05) is 17.2 Å². The van der Waals surface area contributed by atoms with Gasteiger partial charge in [0.2, 0.25) is 5.78 Å². The molecule has 0 radical (unpaired) electrons. The molecule has 4 atom stereocenters. The van der Waals surface area contributed by atoms with E-state index >= 15 is 0 Å². The van der Waals surface area contributed by atoms with Crippen LogP contribution >= 0.6 is 0 Å². The molecule has 2 aromatic carbocycles. The van der Waals surface area contributed by atoms with E-state index in [1.54, 1.807) is 32.3 Å². The molecule has 2 aromatic rings. The third-order valence-corrected chi connectivity index (χ3v) is 8.03. The first kappa shape index (κ1) is 26.2. The Morgan fingerprint density at radius 1 is 1.05 bits per heavy atom. The molecule has 1 saturated carbocycles. The molecule has 0 aliphatic heterocycles. The number of Topliss-reactive ketones (excluding diaryl/α,β-unsaturated/α-hetero) is 2. The second-order valence-corrected chi connectivity index (χ2v) is 10.5. The number of hydrogen-bond acceptors (Lipinski definition) is 9. The summed E-state index contributed by atoms with van der Waals surface area (Å²) in [5, 5.41) is 44.6. The third kappa shape index (κ3) is 3.83. The van der Waals surface area contributed by atoms with Crippen molar-refractivity contribution in [1.82, 2.24) is 4.90 Å². The van der Waals surface area contributed by atoms with Crippen LogP contribution in [-0.2, 0) is 20.8 Å². The summed E-state index contributed by atoms with van der Waals surface area (Å²) in [7, 11) is 3.12. The van der Waals surface area contributed by atoms with Gasteiger partial charge in [-0.25, -0.2) is 0 Å². The van der Waals surface area contributed by atoms with E-state index in [0.717, 1.165) is 5.56 Å². The maximum absolute atomic E-state index is 13.9. The van der Waals surface area contributed by atoms with E-state index in [-0.39, 0.29) is 29.7 Å². The van der Waals surface area contributed by atoms with Gasteiger partial charge < -0.3 is 31.9 Å². The van der Waals surface area contributed by atoms with Crippen LogP contribution in [0.2, 0.25) is 0 Å². The van der Waals surface area contributed by atoms with Gasteiger partial charge in [0.15, 0.2) is 11.4 Å². The molecule has 0 spiro atoms. The minimum atomic E-state index is -2.66. The summed E-state index contributed by atoms with van der Waals surface area (Å²) in [6.45, 7) is 0. The van der Waals surface area contributed by atoms with Crippen molar-refractivity contribution in [3.63, 3.8) is 0 Å². The zero-order chi connectivity index (χ0) is 28.4. The van der Waals surface area contributed by atoms with Crippen LogP contribution in [0.3, 0.4) is 0 Å². The van der Waals surface area contributed by atoms with Gasteiger partial charge in [0.25, 0.3) is 5.91 Å². The summed E-state index contributed by atoms with van der Waals surface area (Å²) >= 11 is 0. The van der Waals surface area contributed by atoms with Crippen LogP contribution in [0.5, 0.6) is 5.75 Å². The number of anilines is 1. The molecule has 5 rings (SSSR count). The number of phenols is 1. The Kier molecular flexibility index (Phi) is 6.12. The third-order valence-electron chi connectivity index (χ3n) is 8.03. The van der Waals surface area contributed by atoms with Crippen LogP contribution in [0.1, 0.15) is 28.7 Å². The second kappa shape index (κ2) is 9.11. The van der Waals surface area contributed by atoms with Gasteiger partial charge in [-0.15, -0.1) is 0 Å². The zero-order valence-electron chi connectivity index (χ0n) is 21.4.